The number of hydrogen-bond acceptors (Lipinski definition) is 2. The Labute approximate surface area is 90.4 Å². The minimum atomic E-state index is 0.311. The van der Waals surface area contributed by atoms with Crippen LogP contribution in [-0.2, 0) is 7.05 Å². The summed E-state index contributed by atoms with van der Waals surface area (Å²) in [5.74, 6) is 1.27. The molecule has 0 bridgehead atoms. The first-order chi connectivity index (χ1) is 7.09. The molecule has 0 saturated heterocycles. The van der Waals surface area contributed by atoms with Gasteiger partial charge in [0.25, 0.3) is 0 Å². The van der Waals surface area contributed by atoms with Gasteiger partial charge < -0.3 is 9.67 Å². The first-order valence-electron chi connectivity index (χ1n) is 5.22. The minimum absolute atomic E-state index is 0.311. The van der Waals surface area contributed by atoms with Gasteiger partial charge in [0.05, 0.1) is 11.0 Å². The molecule has 3 nitrogen and oxygen atoms in total. The number of phenolic OH excluding ortho intramolecular Hbond substituents is 1. The van der Waals surface area contributed by atoms with Gasteiger partial charge in [0.1, 0.15) is 11.6 Å². The van der Waals surface area contributed by atoms with Crippen molar-refractivity contribution in [2.75, 3.05) is 0 Å². The van der Waals surface area contributed by atoms with E-state index in [9.17, 15) is 5.11 Å². The van der Waals surface area contributed by atoms with Crippen LogP contribution in [0, 0.1) is 13.8 Å². The number of fused-ring (bicyclic) bond motifs is 1. The van der Waals surface area contributed by atoms with Crippen LogP contribution in [0.4, 0.5) is 0 Å². The standard InChI is InChI=1S/C10H12N2O.C2H6/c1-6-4-9-8(5-10(6)13)11-7(2)12(9)3;1-2/h4-5,13H,1-3H3;1-2H3. The van der Waals surface area contributed by atoms with E-state index in [1.54, 1.807) is 6.07 Å². The Morgan fingerprint density at radius 3 is 2.40 bits per heavy atom. The lowest BCUT2D eigenvalue weighted by molar-refractivity contribution is 0.472. The molecule has 0 fully saturated rings. The molecular formula is C12H18N2O. The summed E-state index contributed by atoms with van der Waals surface area (Å²) in [6, 6.07) is 3.66. The van der Waals surface area contributed by atoms with Crippen LogP contribution >= 0.6 is 0 Å². The molecule has 1 aromatic carbocycles. The third kappa shape index (κ3) is 1.96. The molecule has 3 heteroatoms. The zero-order valence-corrected chi connectivity index (χ0v) is 10.00. The number of imidazole rings is 1. The molecule has 2 aromatic rings. The summed E-state index contributed by atoms with van der Waals surface area (Å²) < 4.78 is 2.02. The molecule has 1 aromatic heterocycles. The molecule has 1 N–H and O–H groups in total. The molecule has 0 aliphatic rings. The lowest BCUT2D eigenvalue weighted by Crippen LogP contribution is -1.90. The summed E-state index contributed by atoms with van der Waals surface area (Å²) in [5, 5.41) is 9.47. The van der Waals surface area contributed by atoms with Crippen molar-refractivity contribution in [1.29, 1.82) is 0 Å². The quantitative estimate of drug-likeness (QED) is 0.719. The average molecular weight is 206 g/mol. The zero-order chi connectivity index (χ0) is 11.6. The highest BCUT2D eigenvalue weighted by molar-refractivity contribution is 5.78. The van der Waals surface area contributed by atoms with Crippen LogP contribution in [0.1, 0.15) is 25.2 Å². The summed E-state index contributed by atoms with van der Waals surface area (Å²) in [4.78, 5) is 4.32. The average Bonchev–Trinajstić information content (AvgIpc) is 2.49. The van der Waals surface area contributed by atoms with Crippen molar-refractivity contribution >= 4 is 11.0 Å². The van der Waals surface area contributed by atoms with E-state index >= 15 is 0 Å². The second-order valence-electron chi connectivity index (χ2n) is 3.35. The van der Waals surface area contributed by atoms with Gasteiger partial charge in [-0.2, -0.15) is 0 Å². The first kappa shape index (κ1) is 11.6. The van der Waals surface area contributed by atoms with Crippen LogP contribution in [0.25, 0.3) is 11.0 Å². The number of benzene rings is 1. The van der Waals surface area contributed by atoms with Gasteiger partial charge in [-0.25, -0.2) is 4.98 Å². The first-order valence-corrected chi connectivity index (χ1v) is 5.22. The van der Waals surface area contributed by atoms with Crippen LogP contribution in [0.15, 0.2) is 12.1 Å². The Balaban J connectivity index is 0.000000531. The van der Waals surface area contributed by atoms with Gasteiger partial charge in [-0.15, -0.1) is 0 Å². The number of aryl methyl sites for hydroxylation is 3. The van der Waals surface area contributed by atoms with Crippen LogP contribution in [-0.4, -0.2) is 14.7 Å². The predicted molar refractivity (Wildman–Crippen MR) is 63.2 cm³/mol. The van der Waals surface area contributed by atoms with Crippen molar-refractivity contribution in [1.82, 2.24) is 9.55 Å². The Bertz CT molecular complexity index is 472. The molecule has 0 saturated carbocycles. The summed E-state index contributed by atoms with van der Waals surface area (Å²) in [5.41, 5.74) is 2.80. The largest absolute Gasteiger partial charge is 0.508 e. The fourth-order valence-corrected chi connectivity index (χ4v) is 1.45. The van der Waals surface area contributed by atoms with Gasteiger partial charge in [0.15, 0.2) is 0 Å². The van der Waals surface area contributed by atoms with Crippen LogP contribution in [0.3, 0.4) is 0 Å². The second kappa shape index (κ2) is 4.34. The minimum Gasteiger partial charge on any atom is -0.508 e. The molecule has 0 unspecified atom stereocenters. The molecule has 15 heavy (non-hydrogen) atoms. The molecule has 0 amide bonds. The molecule has 0 aliphatic heterocycles. The Morgan fingerprint density at radius 2 is 1.80 bits per heavy atom. The lowest BCUT2D eigenvalue weighted by Gasteiger charge is -1.99. The van der Waals surface area contributed by atoms with E-state index in [2.05, 4.69) is 4.98 Å². The van der Waals surface area contributed by atoms with Gasteiger partial charge in [0.2, 0.25) is 0 Å². The Morgan fingerprint density at radius 1 is 1.20 bits per heavy atom. The van der Waals surface area contributed by atoms with Crippen molar-refractivity contribution < 1.29 is 5.11 Å². The highest BCUT2D eigenvalue weighted by Crippen LogP contribution is 2.23. The van der Waals surface area contributed by atoms with E-state index < -0.39 is 0 Å². The van der Waals surface area contributed by atoms with E-state index in [4.69, 9.17) is 0 Å². The Kier molecular flexibility index (Phi) is 3.35. The highest BCUT2D eigenvalue weighted by atomic mass is 16.3. The number of aromatic nitrogens is 2. The molecule has 0 radical (unpaired) electrons. The SMILES string of the molecule is CC.Cc1cc2c(cc1O)nc(C)n2C. The van der Waals surface area contributed by atoms with Crippen molar-refractivity contribution in [2.24, 2.45) is 7.05 Å². The maximum absolute atomic E-state index is 9.47. The van der Waals surface area contributed by atoms with Gasteiger partial charge in [-0.05, 0) is 25.5 Å². The predicted octanol–water partition coefficient (Wildman–Crippen LogP) is 2.92. The summed E-state index contributed by atoms with van der Waals surface area (Å²) in [6.45, 7) is 7.84. The maximum atomic E-state index is 9.47. The summed E-state index contributed by atoms with van der Waals surface area (Å²) >= 11 is 0. The molecular weight excluding hydrogens is 188 g/mol. The second-order valence-corrected chi connectivity index (χ2v) is 3.35. The van der Waals surface area contributed by atoms with Gasteiger partial charge in [0, 0.05) is 13.1 Å². The molecule has 1 heterocycles. The molecule has 2 rings (SSSR count). The van der Waals surface area contributed by atoms with Crippen molar-refractivity contribution in [3.8, 4) is 5.75 Å². The fourth-order valence-electron chi connectivity index (χ4n) is 1.45. The van der Waals surface area contributed by atoms with E-state index in [1.165, 1.54) is 0 Å². The molecule has 0 spiro atoms. The van der Waals surface area contributed by atoms with Gasteiger partial charge >= 0.3 is 0 Å². The van der Waals surface area contributed by atoms with Crippen LogP contribution < -0.4 is 0 Å². The monoisotopic (exact) mass is 206 g/mol. The van der Waals surface area contributed by atoms with Gasteiger partial charge in [-0.1, -0.05) is 13.8 Å². The summed E-state index contributed by atoms with van der Waals surface area (Å²) in [7, 11) is 1.97. The van der Waals surface area contributed by atoms with E-state index in [0.29, 0.717) is 5.75 Å². The molecule has 0 atom stereocenters. The fraction of sp³-hybridized carbons (Fsp3) is 0.417. The third-order valence-electron chi connectivity index (χ3n) is 2.42. The van der Waals surface area contributed by atoms with E-state index in [1.807, 2.05) is 45.4 Å². The number of hydrogen-bond donors (Lipinski definition) is 1. The van der Waals surface area contributed by atoms with E-state index in [-0.39, 0.29) is 0 Å². The van der Waals surface area contributed by atoms with Crippen molar-refractivity contribution in [3.05, 3.63) is 23.5 Å². The van der Waals surface area contributed by atoms with Crippen molar-refractivity contribution in [3.63, 3.8) is 0 Å². The van der Waals surface area contributed by atoms with Gasteiger partial charge in [-0.3, -0.25) is 0 Å². The molecule has 0 aliphatic carbocycles. The van der Waals surface area contributed by atoms with Crippen molar-refractivity contribution in [2.45, 2.75) is 27.7 Å². The maximum Gasteiger partial charge on any atom is 0.120 e. The van der Waals surface area contributed by atoms with E-state index in [0.717, 1.165) is 22.4 Å². The third-order valence-corrected chi connectivity index (χ3v) is 2.42. The topological polar surface area (TPSA) is 38.1 Å². The smallest absolute Gasteiger partial charge is 0.120 e. The number of aromatic hydroxyl groups is 1. The highest BCUT2D eigenvalue weighted by Gasteiger charge is 2.06. The number of nitrogens with zero attached hydrogens (tertiary/aromatic N) is 2. The summed E-state index contributed by atoms with van der Waals surface area (Å²) in [6.07, 6.45) is 0. The van der Waals surface area contributed by atoms with Crippen LogP contribution in [0.5, 0.6) is 5.75 Å². The number of rotatable bonds is 0. The Hall–Kier alpha value is -1.51. The molecule has 82 valence electrons. The zero-order valence-electron chi connectivity index (χ0n) is 10.00. The van der Waals surface area contributed by atoms with Crippen LogP contribution in [0.2, 0.25) is 0 Å². The number of phenols is 1. The lowest BCUT2D eigenvalue weighted by atomic mass is 10.2. The normalized spacial score (nSPS) is 9.93.